The largest absolute Gasteiger partial charge is 0.416 e. The van der Waals surface area contributed by atoms with Gasteiger partial charge in [0.25, 0.3) is 0 Å². The smallest absolute Gasteiger partial charge is 0.348 e. The molecule has 4 heteroatoms. The lowest BCUT2D eigenvalue weighted by atomic mass is 10.1. The minimum atomic E-state index is -4.32. The van der Waals surface area contributed by atoms with Gasteiger partial charge in [0.15, 0.2) is 0 Å². The number of unbranched alkanes of at least 4 members (excludes halogenated alkanes) is 1. The topological polar surface area (TPSA) is 3.24 Å². The van der Waals surface area contributed by atoms with Crippen LogP contribution in [0.2, 0.25) is 0 Å². The normalized spacial score (nSPS) is 16.3. The van der Waals surface area contributed by atoms with Crippen LogP contribution in [-0.2, 0) is 6.18 Å². The minimum absolute atomic E-state index is 0.572. The Hall–Kier alpha value is -1.97. The summed E-state index contributed by atoms with van der Waals surface area (Å²) in [6.45, 7) is 2.76. The minimum Gasteiger partial charge on any atom is -0.348 e. The molecule has 0 saturated heterocycles. The summed E-state index contributed by atoms with van der Waals surface area (Å²) >= 11 is 0. The van der Waals surface area contributed by atoms with Crippen molar-refractivity contribution in [2.75, 3.05) is 11.4 Å². The number of nitrogens with zero attached hydrogens (tertiary/aromatic N) is 1. The highest BCUT2D eigenvalue weighted by Crippen LogP contribution is 2.32. The van der Waals surface area contributed by atoms with Crippen LogP contribution in [0.15, 0.2) is 54.3 Å². The number of alkyl halides is 3. The average Bonchev–Trinajstić information content (AvgIpc) is 2.52. The lowest BCUT2D eigenvalue weighted by Gasteiger charge is -2.23. The van der Waals surface area contributed by atoms with E-state index in [4.69, 9.17) is 0 Å². The number of hydrogen-bond acceptors (Lipinski definition) is 1. The molecule has 1 aromatic rings. The molecule has 0 amide bonds. The molecule has 0 spiro atoms. The fraction of sp³-hybridized carbons (Fsp3) is 0.333. The Morgan fingerprint density at radius 2 is 2.14 bits per heavy atom. The van der Waals surface area contributed by atoms with Gasteiger partial charge in [-0.1, -0.05) is 37.6 Å². The van der Waals surface area contributed by atoms with E-state index in [0.717, 1.165) is 30.9 Å². The monoisotopic (exact) mass is 306 g/mol. The van der Waals surface area contributed by atoms with E-state index in [0.29, 0.717) is 12.2 Å². The van der Waals surface area contributed by atoms with Crippen LogP contribution in [0, 0.1) is 6.08 Å². The molecule has 0 aromatic heterocycles. The standard InChI is InChI=1S/C18H19F3N/c1-2-3-12-22(14-15-8-5-4-6-9-15)17-11-7-10-16(13-17)18(19,20)21/h5-8,10-11,13-14H,2-3,9,12H2,1H3. The van der Waals surface area contributed by atoms with Crippen LogP contribution in [0.5, 0.6) is 0 Å². The number of allylic oxidation sites excluding steroid dienone is 5. The zero-order chi connectivity index (χ0) is 16.0. The van der Waals surface area contributed by atoms with Crippen LogP contribution in [0.3, 0.4) is 0 Å². The molecule has 0 bridgehead atoms. The molecule has 117 valence electrons. The molecule has 1 nitrogen and oxygen atoms in total. The molecule has 1 aliphatic rings. The second-order valence-electron chi connectivity index (χ2n) is 5.21. The third-order valence-electron chi connectivity index (χ3n) is 3.43. The first-order valence-corrected chi connectivity index (χ1v) is 7.39. The summed E-state index contributed by atoms with van der Waals surface area (Å²) in [5.74, 6) is 0. The maximum absolute atomic E-state index is 12.9. The van der Waals surface area contributed by atoms with E-state index in [-0.39, 0.29) is 0 Å². The van der Waals surface area contributed by atoms with Gasteiger partial charge >= 0.3 is 6.18 Å². The molecule has 22 heavy (non-hydrogen) atoms. The second kappa shape index (κ2) is 7.34. The van der Waals surface area contributed by atoms with Crippen LogP contribution >= 0.6 is 0 Å². The van der Waals surface area contributed by atoms with Crippen LogP contribution in [0.1, 0.15) is 31.7 Å². The maximum Gasteiger partial charge on any atom is 0.416 e. The van der Waals surface area contributed by atoms with Gasteiger partial charge in [0, 0.05) is 18.4 Å². The Kier molecular flexibility index (Phi) is 5.47. The van der Waals surface area contributed by atoms with E-state index < -0.39 is 11.7 Å². The van der Waals surface area contributed by atoms with Gasteiger partial charge in [-0.3, -0.25) is 0 Å². The van der Waals surface area contributed by atoms with Crippen molar-refractivity contribution in [2.45, 2.75) is 32.4 Å². The number of anilines is 1. The van der Waals surface area contributed by atoms with Gasteiger partial charge in [-0.15, -0.1) is 0 Å². The molecular formula is C18H19F3N. The maximum atomic E-state index is 12.9. The molecular weight excluding hydrogens is 287 g/mol. The molecule has 0 atom stereocenters. The number of halogens is 3. The van der Waals surface area contributed by atoms with Crippen molar-refractivity contribution in [3.05, 3.63) is 65.9 Å². The van der Waals surface area contributed by atoms with Crippen molar-refractivity contribution in [3.8, 4) is 0 Å². The van der Waals surface area contributed by atoms with Gasteiger partial charge in [0.1, 0.15) is 0 Å². The lowest BCUT2D eigenvalue weighted by Crippen LogP contribution is -2.19. The van der Waals surface area contributed by atoms with E-state index >= 15 is 0 Å². The van der Waals surface area contributed by atoms with Crippen molar-refractivity contribution < 1.29 is 13.2 Å². The third kappa shape index (κ3) is 4.52. The summed E-state index contributed by atoms with van der Waals surface area (Å²) in [5, 5.41) is 0. The van der Waals surface area contributed by atoms with Gasteiger partial charge < -0.3 is 4.90 Å². The molecule has 0 heterocycles. The van der Waals surface area contributed by atoms with Gasteiger partial charge in [-0.2, -0.15) is 13.2 Å². The third-order valence-corrected chi connectivity index (χ3v) is 3.43. The predicted octanol–water partition coefficient (Wildman–Crippen LogP) is 5.52. The Labute approximate surface area is 129 Å². The average molecular weight is 306 g/mol. The van der Waals surface area contributed by atoms with E-state index in [1.165, 1.54) is 12.1 Å². The van der Waals surface area contributed by atoms with Crippen LogP contribution in [0.4, 0.5) is 18.9 Å². The van der Waals surface area contributed by atoms with Crippen molar-refractivity contribution in [2.24, 2.45) is 0 Å². The Morgan fingerprint density at radius 1 is 1.32 bits per heavy atom. The van der Waals surface area contributed by atoms with Crippen LogP contribution in [-0.4, -0.2) is 6.54 Å². The van der Waals surface area contributed by atoms with Crippen LogP contribution in [0.25, 0.3) is 0 Å². The van der Waals surface area contributed by atoms with E-state index in [2.05, 4.69) is 13.0 Å². The fourth-order valence-corrected chi connectivity index (χ4v) is 2.22. The van der Waals surface area contributed by atoms with Gasteiger partial charge in [0.05, 0.1) is 5.56 Å². The summed E-state index contributed by atoms with van der Waals surface area (Å²) in [6, 6.07) is 5.49. The molecule has 2 rings (SSSR count). The fourth-order valence-electron chi connectivity index (χ4n) is 2.22. The molecule has 1 radical (unpaired) electrons. The van der Waals surface area contributed by atoms with Crippen LogP contribution < -0.4 is 4.90 Å². The van der Waals surface area contributed by atoms with E-state index in [1.54, 1.807) is 6.07 Å². The molecule has 1 aliphatic carbocycles. The first-order valence-electron chi connectivity index (χ1n) is 7.39. The zero-order valence-electron chi connectivity index (χ0n) is 12.5. The Morgan fingerprint density at radius 3 is 2.77 bits per heavy atom. The molecule has 0 saturated carbocycles. The van der Waals surface area contributed by atoms with Crippen molar-refractivity contribution in [1.82, 2.24) is 0 Å². The Balaban J connectivity index is 2.29. The van der Waals surface area contributed by atoms with Crippen molar-refractivity contribution in [1.29, 1.82) is 0 Å². The molecule has 1 aromatic carbocycles. The lowest BCUT2D eigenvalue weighted by molar-refractivity contribution is -0.137. The predicted molar refractivity (Wildman–Crippen MR) is 83.4 cm³/mol. The summed E-state index contributed by atoms with van der Waals surface area (Å²) in [6.07, 6.45) is 8.93. The van der Waals surface area contributed by atoms with Gasteiger partial charge in [-0.05, 0) is 42.7 Å². The second-order valence-corrected chi connectivity index (χ2v) is 5.21. The number of hydrogen-bond donors (Lipinski definition) is 0. The van der Waals surface area contributed by atoms with Crippen molar-refractivity contribution in [3.63, 3.8) is 0 Å². The first kappa shape index (κ1) is 16.4. The number of rotatable bonds is 5. The number of benzene rings is 1. The highest BCUT2D eigenvalue weighted by Gasteiger charge is 2.30. The highest BCUT2D eigenvalue weighted by molar-refractivity contribution is 5.53. The SMILES string of the molecule is CCCCN(C=C1C=C[C]=CC1)c1cccc(C(F)(F)F)c1. The van der Waals surface area contributed by atoms with Gasteiger partial charge in [0.2, 0.25) is 0 Å². The Bertz CT molecular complexity index is 582. The van der Waals surface area contributed by atoms with E-state index in [1.807, 2.05) is 29.3 Å². The zero-order valence-corrected chi connectivity index (χ0v) is 12.5. The molecule has 0 aliphatic heterocycles. The van der Waals surface area contributed by atoms with E-state index in [9.17, 15) is 13.2 Å². The summed E-state index contributed by atoms with van der Waals surface area (Å²) in [7, 11) is 0. The molecule has 0 fully saturated rings. The highest BCUT2D eigenvalue weighted by atomic mass is 19.4. The molecule has 0 unspecified atom stereocenters. The summed E-state index contributed by atoms with van der Waals surface area (Å²) < 4.78 is 38.7. The summed E-state index contributed by atoms with van der Waals surface area (Å²) in [4.78, 5) is 1.90. The first-order chi connectivity index (χ1) is 10.5. The van der Waals surface area contributed by atoms with Gasteiger partial charge in [-0.25, -0.2) is 0 Å². The molecule has 0 N–H and O–H groups in total. The summed E-state index contributed by atoms with van der Waals surface area (Å²) in [5.41, 5.74) is 1.02. The van der Waals surface area contributed by atoms with Crippen molar-refractivity contribution >= 4 is 5.69 Å². The quantitative estimate of drug-likeness (QED) is 0.693.